The number of carbonyl (C=O) groups is 3. The van der Waals surface area contributed by atoms with Crippen LogP contribution in [0.1, 0.15) is 158 Å². The van der Waals surface area contributed by atoms with Crippen molar-refractivity contribution in [1.29, 1.82) is 0 Å². The number of cyclic esters (lactones) is 2. The summed E-state index contributed by atoms with van der Waals surface area (Å²) in [6, 6.07) is 13.3. The lowest BCUT2D eigenvalue weighted by molar-refractivity contribution is -0.301. The smallest absolute Gasteiger partial charge is 0.339 e. The molecule has 1 aromatic heterocycles. The minimum atomic E-state index is -1.51. The summed E-state index contributed by atoms with van der Waals surface area (Å²) in [5, 5.41) is 41.6. The van der Waals surface area contributed by atoms with Gasteiger partial charge in [0.1, 0.15) is 35.8 Å². The van der Waals surface area contributed by atoms with Gasteiger partial charge in [-0.15, -0.1) is 0 Å². The molecule has 8 heterocycles. The molecule has 2 aromatic rings. The lowest BCUT2D eigenvalue weighted by Crippen LogP contribution is -2.82. The topological polar surface area (TPSA) is 181 Å². The average Bonchev–Trinajstić information content (AvgIpc) is 1.41. The van der Waals surface area contributed by atoms with Crippen LogP contribution in [0.5, 0.6) is 0 Å². The van der Waals surface area contributed by atoms with Crippen LogP contribution in [0.25, 0.3) is 0 Å². The molecule has 13 heteroatoms. The molecule has 14 fully saturated rings. The maximum atomic E-state index is 17.9. The van der Waals surface area contributed by atoms with Crippen LogP contribution in [0, 0.1) is 122 Å². The molecule has 20 rings (SSSR count). The lowest BCUT2D eigenvalue weighted by atomic mass is 9.29. The number of esters is 2. The minimum Gasteiger partial charge on any atom is -0.469 e. The van der Waals surface area contributed by atoms with E-state index in [4.69, 9.17) is 23.4 Å². The van der Waals surface area contributed by atoms with Crippen LogP contribution in [0.15, 0.2) is 95.3 Å². The highest BCUT2D eigenvalue weighted by molar-refractivity contribution is 5.94. The number of ether oxygens (including phenoxy) is 4. The predicted molar refractivity (Wildman–Crippen MR) is 331 cm³/mol. The number of ketones is 1. The fourth-order valence-electron chi connectivity index (χ4n) is 29.4. The van der Waals surface area contributed by atoms with Crippen molar-refractivity contribution in [2.45, 2.75) is 195 Å². The number of allylic oxidation sites excluding steroid dienone is 5. The van der Waals surface area contributed by atoms with Gasteiger partial charge in [-0.3, -0.25) is 14.9 Å². The lowest BCUT2D eigenvalue weighted by Gasteiger charge is -2.73. The van der Waals surface area contributed by atoms with Gasteiger partial charge in [0, 0.05) is 46.7 Å². The van der Waals surface area contributed by atoms with Crippen molar-refractivity contribution >= 4 is 17.7 Å². The third-order valence-corrected chi connectivity index (χ3v) is 31.7. The average molecular weight is 1220 g/mol. The number of fused-ring (bicyclic) bond motifs is 5. The molecule has 0 amide bonds. The van der Waals surface area contributed by atoms with Gasteiger partial charge in [0.2, 0.25) is 0 Å². The van der Waals surface area contributed by atoms with E-state index < -0.39 is 86.6 Å². The standard InChI is InChI=1S/C77H94N2O11/c1-70-36-47-37-71-25-9-16-49(71)33-51-34-60-72-26-21-44-13-5-6-17-52(44)56(72)18-8-14-48(72)22-27-74(60)63-61(82)65(83)75(50-15-7-12-43(31-50)30-42-10-3-2-4-11-42,62(47)73(63)40-87-68(84)64(71)76(51,73)90-74)77(70)67(89-77)69(85)88-66(70)54-24-29-86-59(54)35-55(58(81)39-80)45-19-20-53-46(32-45)23-28-79-41-78-38-57(53)79/h2-4,8,10-11,14,21,23-24,26,28-29,34,43-50,52-53,55-58,60,62-67,78,80-81,83H,5-7,9,12-13,15-20,22,25,27,30-33,35-41H2,1H3. The summed E-state index contributed by atoms with van der Waals surface area (Å²) in [7, 11) is 0. The number of rotatable bonds is 9. The Labute approximate surface area is 530 Å². The first-order valence-corrected chi connectivity index (χ1v) is 36.4. The van der Waals surface area contributed by atoms with E-state index in [9.17, 15) is 10.2 Å². The van der Waals surface area contributed by atoms with Gasteiger partial charge < -0.3 is 43.6 Å². The summed E-state index contributed by atoms with van der Waals surface area (Å²) >= 11 is 0. The normalized spacial score (nSPS) is 53.5. The second kappa shape index (κ2) is 19.0. The molecule has 7 aliphatic heterocycles. The quantitative estimate of drug-likeness (QED) is 0.106. The Balaban J connectivity index is 0.782. The van der Waals surface area contributed by atoms with Gasteiger partial charge in [-0.25, -0.2) is 4.79 Å². The number of furan rings is 1. The van der Waals surface area contributed by atoms with Gasteiger partial charge in [0.15, 0.2) is 11.9 Å². The van der Waals surface area contributed by atoms with Crippen LogP contribution < -0.4 is 5.32 Å². The molecule has 29 unspecified atom stereocenters. The summed E-state index contributed by atoms with van der Waals surface area (Å²) in [5.41, 5.74) is -4.37. The first kappa shape index (κ1) is 56.0. The van der Waals surface area contributed by atoms with Gasteiger partial charge >= 0.3 is 11.9 Å². The molecule has 11 aliphatic carbocycles. The largest absolute Gasteiger partial charge is 0.469 e. The minimum absolute atomic E-state index is 0.0571. The SMILES string of the molecule is CC12CC3CC45CCCC4CC4=CC6C7(CCC8C=CCC9C%10CCCCC%10C=CC896)OC46C5C(=O)OCC64C7C(=O)C(O)C(C5CCCC(Cc6ccccc6)C5)(C34)C13OC3C(=O)OC2c1ccoc1CC(C(O)CO)C1CCC2C(C=CN3CNCC23)C1. The van der Waals surface area contributed by atoms with Gasteiger partial charge in [0.25, 0.3) is 0 Å². The number of Topliss-reactive ketones (excluding diaryl/α,β-unsaturated/α-hetero) is 1. The number of nitrogens with zero attached hydrogens (tertiary/aromatic N) is 1. The first-order chi connectivity index (χ1) is 43.8. The fourth-order valence-corrected chi connectivity index (χ4v) is 29.4. The van der Waals surface area contributed by atoms with E-state index in [-0.39, 0.29) is 77.7 Å². The molecule has 90 heavy (non-hydrogen) atoms. The van der Waals surface area contributed by atoms with Crippen LogP contribution in [0.3, 0.4) is 0 Å². The second-order valence-corrected chi connectivity index (χ2v) is 34.0. The van der Waals surface area contributed by atoms with E-state index in [0.717, 1.165) is 115 Å². The van der Waals surface area contributed by atoms with Crippen LogP contribution in [-0.2, 0) is 46.2 Å². The maximum absolute atomic E-state index is 17.9. The highest BCUT2D eigenvalue weighted by Crippen LogP contribution is 2.91. The van der Waals surface area contributed by atoms with Crippen LogP contribution in [-0.4, -0.2) is 106 Å². The molecule has 4 N–H and O–H groups in total. The highest BCUT2D eigenvalue weighted by Gasteiger charge is 2.99. The summed E-state index contributed by atoms with van der Waals surface area (Å²) in [4.78, 5) is 52.3. The molecule has 29 atom stereocenters. The molecule has 5 saturated heterocycles. The van der Waals surface area contributed by atoms with Crippen molar-refractivity contribution in [3.63, 3.8) is 0 Å². The van der Waals surface area contributed by atoms with Gasteiger partial charge in [-0.1, -0.05) is 106 Å². The van der Waals surface area contributed by atoms with E-state index in [1.54, 1.807) is 6.26 Å². The Bertz CT molecular complexity index is 3480. The van der Waals surface area contributed by atoms with Crippen LogP contribution in [0.4, 0.5) is 0 Å². The van der Waals surface area contributed by atoms with Gasteiger partial charge in [-0.05, 0) is 208 Å². The molecule has 18 aliphatic rings. The van der Waals surface area contributed by atoms with E-state index >= 15 is 19.5 Å². The molecule has 9 saturated carbocycles. The molecule has 13 nitrogen and oxygen atoms in total. The number of nitrogens with one attached hydrogen (secondary N) is 1. The Hall–Kier alpha value is -4.37. The molecular formula is C77H94N2O11. The number of carbonyl (C=O) groups excluding carboxylic acids is 3. The zero-order valence-electron chi connectivity index (χ0n) is 52.6. The number of epoxide rings is 1. The molecule has 1 aromatic carbocycles. The van der Waals surface area contributed by atoms with E-state index in [2.05, 4.69) is 90.1 Å². The van der Waals surface area contributed by atoms with Gasteiger partial charge in [-0.2, -0.15) is 0 Å². The summed E-state index contributed by atoms with van der Waals surface area (Å²) in [6.45, 7) is 3.82. The first-order valence-electron chi connectivity index (χ1n) is 36.4. The number of benzene rings is 1. The van der Waals surface area contributed by atoms with Crippen molar-refractivity contribution in [2.75, 3.05) is 26.4 Å². The Morgan fingerprint density at radius 1 is 0.844 bits per heavy atom. The number of hydrogen-bond donors (Lipinski definition) is 4. The second-order valence-electron chi connectivity index (χ2n) is 34.0. The van der Waals surface area contributed by atoms with Gasteiger partial charge in [0.05, 0.1) is 48.5 Å². The number of hydrogen-bond acceptors (Lipinski definition) is 13. The number of aliphatic hydroxyl groups excluding tert-OH is 3. The Kier molecular flexibility index (Phi) is 11.8. The van der Waals surface area contributed by atoms with Crippen LogP contribution >= 0.6 is 0 Å². The summed E-state index contributed by atoms with van der Waals surface area (Å²) in [6.07, 6.45) is 35.1. The monoisotopic (exact) mass is 1220 g/mol. The van der Waals surface area contributed by atoms with Crippen LogP contribution in [0.2, 0.25) is 0 Å². The fraction of sp³-hybridized carbons (Fsp3) is 0.727. The number of aliphatic hydroxyl groups is 3. The van der Waals surface area contributed by atoms with E-state index in [1.165, 1.54) is 36.8 Å². The third-order valence-electron chi connectivity index (χ3n) is 31.7. The summed E-state index contributed by atoms with van der Waals surface area (Å²) in [5.74, 6) is 0.473. The zero-order valence-corrected chi connectivity index (χ0v) is 52.6. The van der Waals surface area contributed by atoms with Crippen molar-refractivity contribution in [2.24, 2.45) is 122 Å². The van der Waals surface area contributed by atoms with Crippen molar-refractivity contribution in [3.05, 3.63) is 108 Å². The van der Waals surface area contributed by atoms with E-state index in [0.29, 0.717) is 60.7 Å². The summed E-state index contributed by atoms with van der Waals surface area (Å²) < 4.78 is 37.5. The maximum Gasteiger partial charge on any atom is 0.339 e. The predicted octanol–water partition coefficient (Wildman–Crippen LogP) is 10.7. The molecule has 478 valence electrons. The zero-order chi connectivity index (χ0) is 60.3. The van der Waals surface area contributed by atoms with Crippen molar-refractivity contribution in [1.82, 2.24) is 10.2 Å². The van der Waals surface area contributed by atoms with E-state index in [1.807, 2.05) is 6.07 Å². The molecule has 5 bridgehead atoms. The Morgan fingerprint density at radius 2 is 1.72 bits per heavy atom. The van der Waals surface area contributed by atoms with Crippen molar-refractivity contribution < 1.29 is 53.1 Å². The molecule has 0 radical (unpaired) electrons. The molecular weight excluding hydrogens is 1130 g/mol. The van der Waals surface area contributed by atoms with Crippen molar-refractivity contribution in [3.8, 4) is 0 Å². The Morgan fingerprint density at radius 3 is 2.61 bits per heavy atom. The third kappa shape index (κ3) is 6.45. The highest BCUT2D eigenvalue weighted by atomic mass is 16.7. The molecule has 6 spiro atoms.